The summed E-state index contributed by atoms with van der Waals surface area (Å²) in [6, 6.07) is 7.88. The van der Waals surface area contributed by atoms with Crippen molar-refractivity contribution in [1.29, 1.82) is 0 Å². The van der Waals surface area contributed by atoms with E-state index >= 15 is 0 Å². The summed E-state index contributed by atoms with van der Waals surface area (Å²) in [5, 5.41) is 2.90. The van der Waals surface area contributed by atoms with Crippen LogP contribution in [-0.4, -0.2) is 43.4 Å². The molecule has 1 fully saturated rings. The summed E-state index contributed by atoms with van der Waals surface area (Å²) in [5.41, 5.74) is 0.694. The molecule has 0 aromatic heterocycles. The average Bonchev–Trinajstić information content (AvgIpc) is 2.61. The van der Waals surface area contributed by atoms with Crippen molar-refractivity contribution >= 4 is 23.2 Å². The Morgan fingerprint density at radius 2 is 1.84 bits per heavy atom. The van der Waals surface area contributed by atoms with Crippen LogP contribution in [0.4, 0.5) is 11.4 Å². The fraction of sp³-hybridized carbons (Fsp3) is 0.600. The second-order valence-corrected chi connectivity index (χ2v) is 7.58. The lowest BCUT2D eigenvalue weighted by molar-refractivity contribution is -0.149. The van der Waals surface area contributed by atoms with Crippen LogP contribution in [0.25, 0.3) is 0 Å². The minimum absolute atomic E-state index is 0.0681. The van der Waals surface area contributed by atoms with E-state index in [1.54, 1.807) is 13.8 Å². The first kappa shape index (κ1) is 19.3. The van der Waals surface area contributed by atoms with Gasteiger partial charge in [-0.15, -0.1) is 0 Å². The van der Waals surface area contributed by atoms with Gasteiger partial charge in [-0.25, -0.2) is 0 Å². The molecule has 1 heterocycles. The van der Waals surface area contributed by atoms with E-state index < -0.39 is 5.41 Å². The molecule has 1 aromatic carbocycles. The van der Waals surface area contributed by atoms with E-state index in [-0.39, 0.29) is 17.9 Å². The van der Waals surface area contributed by atoms with Gasteiger partial charge in [0.25, 0.3) is 0 Å². The van der Waals surface area contributed by atoms with E-state index in [0.29, 0.717) is 5.69 Å². The van der Waals surface area contributed by atoms with Gasteiger partial charge in [0.2, 0.25) is 11.8 Å². The van der Waals surface area contributed by atoms with E-state index in [2.05, 4.69) is 12.2 Å². The van der Waals surface area contributed by atoms with Gasteiger partial charge in [-0.3, -0.25) is 9.59 Å². The molecule has 1 atom stereocenters. The van der Waals surface area contributed by atoms with Crippen molar-refractivity contribution < 1.29 is 9.59 Å². The number of amides is 2. The largest absolute Gasteiger partial charge is 0.378 e. The zero-order chi connectivity index (χ0) is 18.6. The summed E-state index contributed by atoms with van der Waals surface area (Å²) < 4.78 is 0. The predicted molar refractivity (Wildman–Crippen MR) is 103 cm³/mol. The molecule has 1 aromatic rings. The monoisotopic (exact) mass is 345 g/mol. The van der Waals surface area contributed by atoms with Crippen LogP contribution in [0.3, 0.4) is 0 Å². The first-order valence-corrected chi connectivity index (χ1v) is 9.17. The van der Waals surface area contributed by atoms with Crippen LogP contribution in [-0.2, 0) is 9.59 Å². The zero-order valence-corrected chi connectivity index (χ0v) is 16.1. The van der Waals surface area contributed by atoms with Crippen molar-refractivity contribution in [3.8, 4) is 0 Å². The Morgan fingerprint density at radius 3 is 2.40 bits per heavy atom. The number of hydrogen-bond acceptors (Lipinski definition) is 3. The molecule has 0 saturated carbocycles. The van der Waals surface area contributed by atoms with E-state index in [0.717, 1.165) is 37.9 Å². The van der Waals surface area contributed by atoms with E-state index in [4.69, 9.17) is 0 Å². The molecule has 1 aliphatic heterocycles. The second kappa shape index (κ2) is 7.89. The first-order chi connectivity index (χ1) is 11.8. The number of rotatable bonds is 5. The van der Waals surface area contributed by atoms with Crippen molar-refractivity contribution in [3.63, 3.8) is 0 Å². The van der Waals surface area contributed by atoms with Crippen molar-refractivity contribution in [3.05, 3.63) is 24.3 Å². The maximum absolute atomic E-state index is 13.0. The van der Waals surface area contributed by atoms with Crippen LogP contribution in [0.2, 0.25) is 0 Å². The minimum atomic E-state index is -1.08. The molecular weight excluding hydrogens is 314 g/mol. The van der Waals surface area contributed by atoms with Gasteiger partial charge in [-0.2, -0.15) is 0 Å². The SMILES string of the molecule is CCC1CCCCN1C(=O)C(C)(C)C(=O)Nc1ccc(N(C)C)cc1. The summed E-state index contributed by atoms with van der Waals surface area (Å²) in [6.45, 7) is 6.31. The van der Waals surface area contributed by atoms with Crippen LogP contribution < -0.4 is 10.2 Å². The molecule has 0 bridgehead atoms. The van der Waals surface area contributed by atoms with Gasteiger partial charge in [0.15, 0.2) is 0 Å². The molecule has 1 saturated heterocycles. The van der Waals surface area contributed by atoms with Crippen molar-refractivity contribution in [1.82, 2.24) is 4.90 Å². The Bertz CT molecular complexity index is 608. The van der Waals surface area contributed by atoms with E-state index in [1.807, 2.05) is 48.2 Å². The van der Waals surface area contributed by atoms with Gasteiger partial charge in [0.05, 0.1) is 0 Å². The number of hydrogen-bond donors (Lipinski definition) is 1. The van der Waals surface area contributed by atoms with Crippen molar-refractivity contribution in [2.45, 2.75) is 52.5 Å². The smallest absolute Gasteiger partial charge is 0.239 e. The van der Waals surface area contributed by atoms with Gasteiger partial charge in [0, 0.05) is 38.1 Å². The Morgan fingerprint density at radius 1 is 1.20 bits per heavy atom. The summed E-state index contributed by atoms with van der Waals surface area (Å²) in [5.74, 6) is -0.322. The lowest BCUT2D eigenvalue weighted by atomic mass is 9.87. The van der Waals surface area contributed by atoms with Crippen molar-refractivity contribution in [2.75, 3.05) is 30.9 Å². The lowest BCUT2D eigenvalue weighted by Crippen LogP contribution is -2.52. The summed E-state index contributed by atoms with van der Waals surface area (Å²) >= 11 is 0. The highest BCUT2D eigenvalue weighted by atomic mass is 16.2. The fourth-order valence-corrected chi connectivity index (χ4v) is 3.28. The molecule has 5 nitrogen and oxygen atoms in total. The molecule has 1 aliphatic rings. The molecule has 138 valence electrons. The van der Waals surface area contributed by atoms with Crippen LogP contribution in [0.15, 0.2) is 24.3 Å². The Hall–Kier alpha value is -2.04. The van der Waals surface area contributed by atoms with Crippen LogP contribution in [0, 0.1) is 5.41 Å². The number of nitrogens with zero attached hydrogens (tertiary/aromatic N) is 2. The third-order valence-corrected chi connectivity index (χ3v) is 5.10. The standard InChI is InChI=1S/C20H31N3O2/c1-6-16-9-7-8-14-23(16)19(25)20(2,3)18(24)21-15-10-12-17(13-11-15)22(4)5/h10-13,16H,6-9,14H2,1-5H3,(H,21,24). The van der Waals surface area contributed by atoms with Gasteiger partial charge in [-0.1, -0.05) is 6.92 Å². The average molecular weight is 345 g/mol. The second-order valence-electron chi connectivity index (χ2n) is 7.58. The highest BCUT2D eigenvalue weighted by Gasteiger charge is 2.41. The maximum Gasteiger partial charge on any atom is 0.239 e. The number of anilines is 2. The van der Waals surface area contributed by atoms with Gasteiger partial charge in [0.1, 0.15) is 5.41 Å². The van der Waals surface area contributed by atoms with Gasteiger partial charge in [-0.05, 0) is 63.8 Å². The third kappa shape index (κ3) is 4.33. The molecule has 2 rings (SSSR count). The Balaban J connectivity index is 2.09. The third-order valence-electron chi connectivity index (χ3n) is 5.10. The fourth-order valence-electron chi connectivity index (χ4n) is 3.28. The van der Waals surface area contributed by atoms with Crippen LogP contribution >= 0.6 is 0 Å². The molecular formula is C20H31N3O2. The number of carbonyl (C=O) groups excluding carboxylic acids is 2. The normalized spacial score (nSPS) is 18.0. The number of benzene rings is 1. The van der Waals surface area contributed by atoms with Gasteiger partial charge < -0.3 is 15.1 Å². The molecule has 2 amide bonds. The molecule has 0 aliphatic carbocycles. The zero-order valence-electron chi connectivity index (χ0n) is 16.1. The molecule has 25 heavy (non-hydrogen) atoms. The highest BCUT2D eigenvalue weighted by Crippen LogP contribution is 2.28. The highest BCUT2D eigenvalue weighted by molar-refractivity contribution is 6.10. The number of piperidine rings is 1. The Kier molecular flexibility index (Phi) is 6.09. The lowest BCUT2D eigenvalue weighted by Gasteiger charge is -2.39. The summed E-state index contributed by atoms with van der Waals surface area (Å²) in [6.07, 6.45) is 4.15. The molecule has 1 unspecified atom stereocenters. The van der Waals surface area contributed by atoms with Crippen LogP contribution in [0.5, 0.6) is 0 Å². The molecule has 5 heteroatoms. The number of likely N-dealkylation sites (tertiary alicyclic amines) is 1. The Labute approximate surface area is 151 Å². The minimum Gasteiger partial charge on any atom is -0.378 e. The molecule has 1 N–H and O–H groups in total. The van der Waals surface area contributed by atoms with E-state index in [1.165, 1.54) is 0 Å². The van der Waals surface area contributed by atoms with Gasteiger partial charge >= 0.3 is 0 Å². The predicted octanol–water partition coefficient (Wildman–Crippen LogP) is 3.51. The molecule has 0 spiro atoms. The quantitative estimate of drug-likeness (QED) is 0.831. The first-order valence-electron chi connectivity index (χ1n) is 9.17. The topological polar surface area (TPSA) is 52.7 Å². The number of nitrogens with one attached hydrogen (secondary N) is 1. The molecule has 0 radical (unpaired) electrons. The van der Waals surface area contributed by atoms with Crippen LogP contribution in [0.1, 0.15) is 46.5 Å². The maximum atomic E-state index is 13.0. The van der Waals surface area contributed by atoms with E-state index in [9.17, 15) is 9.59 Å². The van der Waals surface area contributed by atoms with Crippen molar-refractivity contribution in [2.24, 2.45) is 5.41 Å². The summed E-state index contributed by atoms with van der Waals surface area (Å²) in [7, 11) is 3.94. The number of carbonyl (C=O) groups is 2. The summed E-state index contributed by atoms with van der Waals surface area (Å²) in [4.78, 5) is 29.7.